The fraction of sp³-hybridized carbons (Fsp3) is 0.467. The molecule has 6 nitrogen and oxygen atoms in total. The highest BCUT2D eigenvalue weighted by Gasteiger charge is 2.27. The molecule has 2 rings (SSSR count). The maximum absolute atomic E-state index is 11.7. The summed E-state index contributed by atoms with van der Waals surface area (Å²) < 4.78 is 5.58. The quantitative estimate of drug-likeness (QED) is 0.817. The van der Waals surface area contributed by atoms with Crippen molar-refractivity contribution in [2.45, 2.75) is 19.4 Å². The molecule has 1 amide bonds. The zero-order valence-electron chi connectivity index (χ0n) is 12.0. The number of rotatable bonds is 6. The number of carbonyl (C=O) groups excluding carboxylic acids is 1. The average Bonchev–Trinajstić information content (AvgIpc) is 2.48. The number of amides is 1. The SMILES string of the molecule is CCC1C(=O)NCCN1CCOc1ccccc1C(=O)O. The molecule has 0 aliphatic carbocycles. The van der Waals surface area contributed by atoms with Crippen molar-refractivity contribution in [3.8, 4) is 5.75 Å². The molecule has 0 saturated carbocycles. The number of hydrogen-bond donors (Lipinski definition) is 2. The van der Waals surface area contributed by atoms with E-state index < -0.39 is 5.97 Å². The van der Waals surface area contributed by atoms with Crippen molar-refractivity contribution in [2.75, 3.05) is 26.2 Å². The van der Waals surface area contributed by atoms with Gasteiger partial charge in [-0.2, -0.15) is 0 Å². The number of nitrogens with one attached hydrogen (secondary N) is 1. The number of ether oxygens (including phenoxy) is 1. The number of nitrogens with zero attached hydrogens (tertiary/aromatic N) is 1. The van der Waals surface area contributed by atoms with E-state index in [-0.39, 0.29) is 17.5 Å². The minimum atomic E-state index is -1.01. The van der Waals surface area contributed by atoms with Crippen molar-refractivity contribution in [3.05, 3.63) is 29.8 Å². The Balaban J connectivity index is 1.92. The van der Waals surface area contributed by atoms with Crippen LogP contribution in [-0.4, -0.2) is 54.2 Å². The Bertz CT molecular complexity index is 518. The zero-order chi connectivity index (χ0) is 15.2. The highest BCUT2D eigenvalue weighted by atomic mass is 16.5. The number of para-hydroxylation sites is 1. The minimum Gasteiger partial charge on any atom is -0.491 e. The molecule has 1 aromatic rings. The molecule has 1 aromatic carbocycles. The van der Waals surface area contributed by atoms with E-state index in [0.29, 0.717) is 25.4 Å². The molecular weight excluding hydrogens is 272 g/mol. The van der Waals surface area contributed by atoms with Gasteiger partial charge in [0.2, 0.25) is 5.91 Å². The summed E-state index contributed by atoms with van der Waals surface area (Å²) in [7, 11) is 0. The summed E-state index contributed by atoms with van der Waals surface area (Å²) in [6, 6.07) is 6.44. The number of piperazine rings is 1. The van der Waals surface area contributed by atoms with E-state index in [1.807, 2.05) is 6.92 Å². The van der Waals surface area contributed by atoms with E-state index in [1.165, 1.54) is 6.07 Å². The van der Waals surface area contributed by atoms with Gasteiger partial charge in [-0.3, -0.25) is 9.69 Å². The summed E-state index contributed by atoms with van der Waals surface area (Å²) in [5, 5.41) is 11.9. The Morgan fingerprint density at radius 1 is 1.48 bits per heavy atom. The maximum atomic E-state index is 11.7. The molecule has 1 saturated heterocycles. The first-order valence-corrected chi connectivity index (χ1v) is 7.10. The summed E-state index contributed by atoms with van der Waals surface area (Å²) in [5.41, 5.74) is 0.154. The molecular formula is C15H20N2O4. The summed E-state index contributed by atoms with van der Waals surface area (Å²) >= 11 is 0. The lowest BCUT2D eigenvalue weighted by Gasteiger charge is -2.34. The third kappa shape index (κ3) is 3.72. The van der Waals surface area contributed by atoms with Gasteiger partial charge in [0.05, 0.1) is 6.04 Å². The molecule has 21 heavy (non-hydrogen) atoms. The van der Waals surface area contributed by atoms with Gasteiger partial charge in [0.1, 0.15) is 17.9 Å². The number of carbonyl (C=O) groups is 2. The van der Waals surface area contributed by atoms with Crippen LogP contribution in [0.5, 0.6) is 5.75 Å². The van der Waals surface area contributed by atoms with Gasteiger partial charge in [-0.15, -0.1) is 0 Å². The van der Waals surface area contributed by atoms with Gasteiger partial charge in [-0.05, 0) is 18.6 Å². The Kier molecular flexibility index (Phi) is 5.16. The van der Waals surface area contributed by atoms with Crippen LogP contribution >= 0.6 is 0 Å². The van der Waals surface area contributed by atoms with Gasteiger partial charge in [0.25, 0.3) is 0 Å². The first-order valence-electron chi connectivity index (χ1n) is 7.10. The van der Waals surface area contributed by atoms with Crippen LogP contribution in [0.4, 0.5) is 0 Å². The Morgan fingerprint density at radius 3 is 2.95 bits per heavy atom. The minimum absolute atomic E-state index is 0.0506. The zero-order valence-corrected chi connectivity index (χ0v) is 12.0. The van der Waals surface area contributed by atoms with Crippen LogP contribution < -0.4 is 10.1 Å². The highest BCUT2D eigenvalue weighted by molar-refractivity contribution is 5.90. The van der Waals surface area contributed by atoms with Crippen molar-refractivity contribution in [2.24, 2.45) is 0 Å². The average molecular weight is 292 g/mol. The van der Waals surface area contributed by atoms with Crippen molar-refractivity contribution >= 4 is 11.9 Å². The van der Waals surface area contributed by atoms with Crippen molar-refractivity contribution in [3.63, 3.8) is 0 Å². The van der Waals surface area contributed by atoms with Crippen molar-refractivity contribution < 1.29 is 19.4 Å². The smallest absolute Gasteiger partial charge is 0.339 e. The van der Waals surface area contributed by atoms with Crippen LogP contribution in [0.3, 0.4) is 0 Å². The van der Waals surface area contributed by atoms with Gasteiger partial charge in [-0.25, -0.2) is 4.79 Å². The number of carboxylic acids is 1. The molecule has 1 atom stereocenters. The highest BCUT2D eigenvalue weighted by Crippen LogP contribution is 2.18. The van der Waals surface area contributed by atoms with Crippen LogP contribution in [0.2, 0.25) is 0 Å². The van der Waals surface area contributed by atoms with E-state index in [9.17, 15) is 9.59 Å². The lowest BCUT2D eigenvalue weighted by atomic mass is 10.1. The summed E-state index contributed by atoms with van der Waals surface area (Å²) in [4.78, 5) is 24.9. The van der Waals surface area contributed by atoms with Crippen LogP contribution in [0.25, 0.3) is 0 Å². The Hall–Kier alpha value is -2.08. The fourth-order valence-corrected chi connectivity index (χ4v) is 2.52. The molecule has 1 aliphatic rings. The van der Waals surface area contributed by atoms with Gasteiger partial charge in [-0.1, -0.05) is 19.1 Å². The van der Waals surface area contributed by atoms with E-state index >= 15 is 0 Å². The van der Waals surface area contributed by atoms with E-state index in [2.05, 4.69) is 10.2 Å². The van der Waals surface area contributed by atoms with Gasteiger partial charge < -0.3 is 15.2 Å². The molecule has 1 aliphatic heterocycles. The molecule has 0 radical (unpaired) electrons. The molecule has 1 heterocycles. The molecule has 6 heteroatoms. The van der Waals surface area contributed by atoms with Crippen molar-refractivity contribution in [1.82, 2.24) is 10.2 Å². The van der Waals surface area contributed by atoms with Crippen LogP contribution in [0, 0.1) is 0 Å². The lowest BCUT2D eigenvalue weighted by Crippen LogP contribution is -2.55. The molecule has 1 fully saturated rings. The second kappa shape index (κ2) is 7.08. The van der Waals surface area contributed by atoms with E-state index in [4.69, 9.17) is 9.84 Å². The second-order valence-electron chi connectivity index (χ2n) is 4.90. The molecule has 1 unspecified atom stereocenters. The first-order chi connectivity index (χ1) is 10.1. The van der Waals surface area contributed by atoms with Crippen LogP contribution in [0.15, 0.2) is 24.3 Å². The third-order valence-electron chi connectivity index (χ3n) is 3.58. The Labute approximate surface area is 123 Å². The number of aromatic carboxylic acids is 1. The standard InChI is InChI=1S/C15H20N2O4/c1-2-12-14(18)16-7-8-17(12)9-10-21-13-6-4-3-5-11(13)15(19)20/h3-6,12H,2,7-10H2,1H3,(H,16,18)(H,19,20). The molecule has 0 spiro atoms. The van der Waals surface area contributed by atoms with E-state index in [1.54, 1.807) is 18.2 Å². The van der Waals surface area contributed by atoms with E-state index in [0.717, 1.165) is 13.0 Å². The molecule has 2 N–H and O–H groups in total. The van der Waals surface area contributed by atoms with Gasteiger partial charge >= 0.3 is 5.97 Å². The largest absolute Gasteiger partial charge is 0.491 e. The summed E-state index contributed by atoms with van der Waals surface area (Å²) in [6.45, 7) is 4.35. The third-order valence-corrected chi connectivity index (χ3v) is 3.58. The molecule has 0 bridgehead atoms. The monoisotopic (exact) mass is 292 g/mol. The first kappa shape index (κ1) is 15.3. The summed E-state index contributed by atoms with van der Waals surface area (Å²) in [6.07, 6.45) is 0.748. The van der Waals surface area contributed by atoms with Gasteiger partial charge in [0, 0.05) is 19.6 Å². The Morgan fingerprint density at radius 2 is 2.24 bits per heavy atom. The topological polar surface area (TPSA) is 78.9 Å². The van der Waals surface area contributed by atoms with Crippen molar-refractivity contribution in [1.29, 1.82) is 0 Å². The van der Waals surface area contributed by atoms with Gasteiger partial charge in [0.15, 0.2) is 0 Å². The molecule has 114 valence electrons. The number of hydrogen-bond acceptors (Lipinski definition) is 4. The predicted octanol–water partition coefficient (Wildman–Crippen LogP) is 0.974. The number of benzene rings is 1. The van der Waals surface area contributed by atoms with Crippen LogP contribution in [-0.2, 0) is 4.79 Å². The van der Waals surface area contributed by atoms with Crippen LogP contribution in [0.1, 0.15) is 23.7 Å². The summed E-state index contributed by atoms with van der Waals surface area (Å²) in [5.74, 6) is -0.594. The second-order valence-corrected chi connectivity index (χ2v) is 4.90. The normalized spacial score (nSPS) is 19.1. The predicted molar refractivity (Wildman–Crippen MR) is 77.6 cm³/mol. The number of carboxylic acid groups (broad SMARTS) is 1. The molecule has 0 aromatic heterocycles. The fourth-order valence-electron chi connectivity index (χ4n) is 2.52. The maximum Gasteiger partial charge on any atom is 0.339 e. The lowest BCUT2D eigenvalue weighted by molar-refractivity contribution is -0.129.